The zero-order valence-electron chi connectivity index (χ0n) is 12.0. The SMILES string of the molecule is CCCCOc1ccc(CCC2(O)CCCC2)cc1. The van der Waals surface area contributed by atoms with Gasteiger partial charge in [-0.05, 0) is 49.8 Å². The van der Waals surface area contributed by atoms with Crippen LogP contribution in [0.3, 0.4) is 0 Å². The second-order valence-electron chi connectivity index (χ2n) is 5.78. The molecule has 0 heterocycles. The third-order valence-corrected chi connectivity index (χ3v) is 4.10. The maximum absolute atomic E-state index is 10.3. The molecule has 0 bridgehead atoms. The van der Waals surface area contributed by atoms with Crippen LogP contribution < -0.4 is 4.74 Å². The average Bonchev–Trinajstić information content (AvgIpc) is 2.86. The second-order valence-corrected chi connectivity index (χ2v) is 5.78. The summed E-state index contributed by atoms with van der Waals surface area (Å²) in [6.45, 7) is 2.97. The molecule has 1 N–H and O–H groups in total. The lowest BCUT2D eigenvalue weighted by Gasteiger charge is -2.21. The molecule has 1 fully saturated rings. The number of ether oxygens (including phenoxy) is 1. The van der Waals surface area contributed by atoms with Crippen LogP contribution in [0.2, 0.25) is 0 Å². The van der Waals surface area contributed by atoms with Gasteiger partial charge in [-0.15, -0.1) is 0 Å². The van der Waals surface area contributed by atoms with Crippen LogP contribution in [0.1, 0.15) is 57.4 Å². The Morgan fingerprint density at radius 2 is 1.84 bits per heavy atom. The van der Waals surface area contributed by atoms with Gasteiger partial charge in [0.2, 0.25) is 0 Å². The van der Waals surface area contributed by atoms with Gasteiger partial charge in [0.05, 0.1) is 12.2 Å². The fraction of sp³-hybridized carbons (Fsp3) is 0.647. The monoisotopic (exact) mass is 262 g/mol. The quantitative estimate of drug-likeness (QED) is 0.750. The summed E-state index contributed by atoms with van der Waals surface area (Å²) < 4.78 is 5.65. The summed E-state index contributed by atoms with van der Waals surface area (Å²) >= 11 is 0. The molecule has 106 valence electrons. The fourth-order valence-corrected chi connectivity index (χ4v) is 2.75. The van der Waals surface area contributed by atoms with Crippen molar-refractivity contribution < 1.29 is 9.84 Å². The van der Waals surface area contributed by atoms with Crippen molar-refractivity contribution in [3.8, 4) is 5.75 Å². The fourth-order valence-electron chi connectivity index (χ4n) is 2.75. The van der Waals surface area contributed by atoms with Gasteiger partial charge in [0.1, 0.15) is 5.75 Å². The van der Waals surface area contributed by atoms with E-state index in [2.05, 4.69) is 19.1 Å². The van der Waals surface area contributed by atoms with Crippen LogP contribution in [0.4, 0.5) is 0 Å². The van der Waals surface area contributed by atoms with Crippen LogP contribution in [-0.2, 0) is 6.42 Å². The molecule has 0 saturated heterocycles. The Balaban J connectivity index is 1.78. The zero-order valence-corrected chi connectivity index (χ0v) is 12.0. The van der Waals surface area contributed by atoms with Crippen LogP contribution in [0.25, 0.3) is 0 Å². The first kappa shape index (κ1) is 14.4. The van der Waals surface area contributed by atoms with Gasteiger partial charge in [-0.2, -0.15) is 0 Å². The largest absolute Gasteiger partial charge is 0.494 e. The minimum atomic E-state index is -0.393. The Bertz CT molecular complexity index is 363. The highest BCUT2D eigenvalue weighted by Gasteiger charge is 2.30. The van der Waals surface area contributed by atoms with Gasteiger partial charge in [-0.3, -0.25) is 0 Å². The van der Waals surface area contributed by atoms with Crippen LogP contribution >= 0.6 is 0 Å². The maximum Gasteiger partial charge on any atom is 0.119 e. The number of unbranched alkanes of at least 4 members (excludes halogenated alkanes) is 1. The van der Waals surface area contributed by atoms with Gasteiger partial charge in [0.15, 0.2) is 0 Å². The van der Waals surface area contributed by atoms with E-state index in [1.165, 1.54) is 18.4 Å². The Morgan fingerprint density at radius 3 is 2.47 bits per heavy atom. The van der Waals surface area contributed by atoms with Crippen LogP contribution in [-0.4, -0.2) is 17.3 Å². The van der Waals surface area contributed by atoms with Crippen molar-refractivity contribution in [2.75, 3.05) is 6.61 Å². The molecule has 0 atom stereocenters. The van der Waals surface area contributed by atoms with Gasteiger partial charge in [0, 0.05) is 0 Å². The van der Waals surface area contributed by atoms with Crippen molar-refractivity contribution in [3.05, 3.63) is 29.8 Å². The van der Waals surface area contributed by atoms with Crippen molar-refractivity contribution in [1.82, 2.24) is 0 Å². The summed E-state index contributed by atoms with van der Waals surface area (Å²) in [5.74, 6) is 0.955. The molecular weight excluding hydrogens is 236 g/mol. The Morgan fingerprint density at radius 1 is 1.16 bits per heavy atom. The molecule has 1 aliphatic carbocycles. The van der Waals surface area contributed by atoms with Gasteiger partial charge in [-0.25, -0.2) is 0 Å². The normalized spacial score (nSPS) is 17.6. The van der Waals surface area contributed by atoms with E-state index in [4.69, 9.17) is 4.74 Å². The van der Waals surface area contributed by atoms with E-state index in [9.17, 15) is 5.11 Å². The summed E-state index contributed by atoms with van der Waals surface area (Å²) in [5.41, 5.74) is 0.902. The van der Waals surface area contributed by atoms with E-state index in [1.807, 2.05) is 12.1 Å². The summed E-state index contributed by atoms with van der Waals surface area (Å²) in [4.78, 5) is 0. The predicted molar refractivity (Wildman–Crippen MR) is 78.6 cm³/mol. The van der Waals surface area contributed by atoms with E-state index in [-0.39, 0.29) is 0 Å². The van der Waals surface area contributed by atoms with Gasteiger partial charge in [0.25, 0.3) is 0 Å². The summed E-state index contributed by atoms with van der Waals surface area (Å²) in [7, 11) is 0. The Labute approximate surface area is 116 Å². The highest BCUT2D eigenvalue weighted by atomic mass is 16.5. The minimum absolute atomic E-state index is 0.393. The first-order valence-electron chi connectivity index (χ1n) is 7.66. The minimum Gasteiger partial charge on any atom is -0.494 e. The van der Waals surface area contributed by atoms with Crippen molar-refractivity contribution in [2.24, 2.45) is 0 Å². The van der Waals surface area contributed by atoms with Crippen molar-refractivity contribution in [1.29, 1.82) is 0 Å². The first-order valence-corrected chi connectivity index (χ1v) is 7.66. The zero-order chi connectivity index (χ0) is 13.6. The molecule has 1 saturated carbocycles. The first-order chi connectivity index (χ1) is 9.22. The summed E-state index contributed by atoms with van der Waals surface area (Å²) in [6.07, 6.45) is 8.44. The molecule has 0 spiro atoms. The Hall–Kier alpha value is -1.02. The van der Waals surface area contributed by atoms with E-state index in [0.717, 1.165) is 50.9 Å². The molecule has 1 aromatic rings. The number of rotatable bonds is 7. The Kier molecular flexibility index (Phi) is 5.26. The third-order valence-electron chi connectivity index (χ3n) is 4.10. The molecule has 0 aliphatic heterocycles. The van der Waals surface area contributed by atoms with E-state index >= 15 is 0 Å². The standard InChI is InChI=1S/C17H26O2/c1-2-3-14-19-16-8-6-15(7-9-16)10-13-17(18)11-4-5-12-17/h6-9,18H,2-5,10-14H2,1H3. The average molecular weight is 262 g/mol. The van der Waals surface area contributed by atoms with Crippen LogP contribution in [0.5, 0.6) is 5.75 Å². The molecule has 0 radical (unpaired) electrons. The van der Waals surface area contributed by atoms with E-state index in [1.54, 1.807) is 0 Å². The molecule has 1 aliphatic rings. The van der Waals surface area contributed by atoms with Crippen molar-refractivity contribution in [2.45, 2.75) is 63.9 Å². The smallest absolute Gasteiger partial charge is 0.119 e. The molecule has 2 nitrogen and oxygen atoms in total. The van der Waals surface area contributed by atoms with Crippen LogP contribution in [0, 0.1) is 0 Å². The molecular formula is C17H26O2. The highest BCUT2D eigenvalue weighted by molar-refractivity contribution is 5.27. The van der Waals surface area contributed by atoms with Crippen molar-refractivity contribution >= 4 is 0 Å². The van der Waals surface area contributed by atoms with E-state index < -0.39 is 5.60 Å². The van der Waals surface area contributed by atoms with E-state index in [0.29, 0.717) is 0 Å². The maximum atomic E-state index is 10.3. The highest BCUT2D eigenvalue weighted by Crippen LogP contribution is 2.33. The van der Waals surface area contributed by atoms with Gasteiger partial charge in [-0.1, -0.05) is 38.3 Å². The summed E-state index contributed by atoms with van der Waals surface area (Å²) in [6, 6.07) is 8.34. The molecule has 1 aromatic carbocycles. The molecule has 0 unspecified atom stereocenters. The molecule has 0 amide bonds. The number of hydrogen-bond donors (Lipinski definition) is 1. The number of hydrogen-bond acceptors (Lipinski definition) is 2. The molecule has 2 heteroatoms. The second kappa shape index (κ2) is 6.95. The topological polar surface area (TPSA) is 29.5 Å². The van der Waals surface area contributed by atoms with Gasteiger partial charge >= 0.3 is 0 Å². The lowest BCUT2D eigenvalue weighted by Crippen LogP contribution is -2.24. The molecule has 2 rings (SSSR count). The number of aryl methyl sites for hydroxylation is 1. The lowest BCUT2D eigenvalue weighted by molar-refractivity contribution is 0.0391. The molecule has 19 heavy (non-hydrogen) atoms. The summed E-state index contributed by atoms with van der Waals surface area (Å²) in [5, 5.41) is 10.3. The predicted octanol–water partition coefficient (Wildman–Crippen LogP) is 4.10. The lowest BCUT2D eigenvalue weighted by atomic mass is 9.93. The van der Waals surface area contributed by atoms with Crippen LogP contribution in [0.15, 0.2) is 24.3 Å². The number of benzene rings is 1. The van der Waals surface area contributed by atoms with Gasteiger partial charge < -0.3 is 9.84 Å². The third kappa shape index (κ3) is 4.54. The van der Waals surface area contributed by atoms with Crippen molar-refractivity contribution in [3.63, 3.8) is 0 Å². The molecule has 0 aromatic heterocycles. The number of aliphatic hydroxyl groups is 1.